The quantitative estimate of drug-likeness (QED) is 0.626. The van der Waals surface area contributed by atoms with Crippen LogP contribution in [-0.2, 0) is 0 Å². The number of hydrogen-bond donors (Lipinski definition) is 0. The topological polar surface area (TPSA) is 0 Å². The molecule has 0 aliphatic rings. The lowest BCUT2D eigenvalue weighted by molar-refractivity contribution is 0.699. The first kappa shape index (κ1) is 14.7. The van der Waals surface area contributed by atoms with Crippen LogP contribution >= 0.6 is 7.26 Å². The van der Waals surface area contributed by atoms with Crippen LogP contribution in [0, 0.1) is 0 Å². The molecule has 2 heteroatoms. The van der Waals surface area contributed by atoms with Gasteiger partial charge in [0.05, 0.1) is 0 Å². The summed E-state index contributed by atoms with van der Waals surface area (Å²) in [6.45, 7) is 3.74. The lowest BCUT2D eigenvalue weighted by Crippen LogP contribution is -2.31. The highest BCUT2D eigenvalue weighted by atomic mass is 31.2. The normalized spacial score (nSPS) is 11.1. The van der Waals surface area contributed by atoms with E-state index in [0.29, 0.717) is 0 Å². The summed E-state index contributed by atoms with van der Waals surface area (Å²) in [6, 6.07) is 29.6. The molecule has 0 amide bonds. The maximum Gasteiger partial charge on any atom is 0.246 e. The maximum absolute atomic E-state index is 14.9. The molecule has 0 aliphatic heterocycles. The second kappa shape index (κ2) is 6.25. The zero-order valence-corrected chi connectivity index (χ0v) is 13.1. The Bertz CT molecular complexity index is 655. The summed E-state index contributed by atoms with van der Waals surface area (Å²) in [6.07, 6.45) is 0. The lowest BCUT2D eigenvalue weighted by atomic mass is 10.4. The van der Waals surface area contributed by atoms with E-state index in [4.69, 9.17) is 0 Å². The van der Waals surface area contributed by atoms with Crippen molar-refractivity contribution in [1.82, 2.24) is 0 Å². The Morgan fingerprint density at radius 2 is 0.864 bits per heavy atom. The van der Waals surface area contributed by atoms with Crippen molar-refractivity contribution in [3.05, 3.63) is 103 Å². The van der Waals surface area contributed by atoms with Gasteiger partial charge in [-0.25, -0.2) is 0 Å². The zero-order chi connectivity index (χ0) is 15.4. The van der Waals surface area contributed by atoms with Gasteiger partial charge in [0.2, 0.25) is 5.57 Å². The second-order valence-electron chi connectivity index (χ2n) is 5.05. The predicted molar refractivity (Wildman–Crippen MR) is 95.4 cm³/mol. The van der Waals surface area contributed by atoms with Gasteiger partial charge in [-0.3, -0.25) is 0 Å². The largest absolute Gasteiger partial charge is 0.246 e. The third-order valence-corrected chi connectivity index (χ3v) is 7.74. The molecule has 0 bridgehead atoms. The van der Waals surface area contributed by atoms with Crippen LogP contribution in [0.15, 0.2) is 103 Å². The molecule has 3 rings (SSSR count). The van der Waals surface area contributed by atoms with E-state index in [1.807, 2.05) is 91.0 Å². The first-order chi connectivity index (χ1) is 10.8. The van der Waals surface area contributed by atoms with E-state index in [9.17, 15) is 4.39 Å². The SMILES string of the molecule is C=C(F)[P+](c1ccccc1)(c1ccccc1)c1ccccc1. The van der Waals surface area contributed by atoms with Gasteiger partial charge in [-0.15, -0.1) is 0 Å². The molecule has 0 N–H and O–H groups in total. The van der Waals surface area contributed by atoms with Gasteiger partial charge in [0.1, 0.15) is 15.9 Å². The van der Waals surface area contributed by atoms with E-state index in [0.717, 1.165) is 15.9 Å². The van der Waals surface area contributed by atoms with E-state index in [2.05, 4.69) is 6.58 Å². The Morgan fingerprint density at radius 3 is 1.09 bits per heavy atom. The monoisotopic (exact) mass is 307 g/mol. The van der Waals surface area contributed by atoms with E-state index in [-0.39, 0.29) is 5.57 Å². The standard InChI is InChI=1S/C20H17FP/c1-17(21)22(18-11-5-2-6-12-18,19-13-7-3-8-14-19)20-15-9-4-10-16-20/h2-16H,1H2/q+1. The number of benzene rings is 3. The van der Waals surface area contributed by atoms with Crippen LogP contribution in [-0.4, -0.2) is 0 Å². The van der Waals surface area contributed by atoms with Crippen molar-refractivity contribution in [2.45, 2.75) is 0 Å². The molecule has 0 aliphatic carbocycles. The molecule has 0 fully saturated rings. The summed E-state index contributed by atoms with van der Waals surface area (Å²) in [5, 5.41) is 2.96. The number of halogens is 1. The van der Waals surface area contributed by atoms with Crippen molar-refractivity contribution in [1.29, 1.82) is 0 Å². The van der Waals surface area contributed by atoms with Crippen LogP contribution in [0.1, 0.15) is 0 Å². The molecular weight excluding hydrogens is 290 g/mol. The summed E-state index contributed by atoms with van der Waals surface area (Å²) in [4.78, 5) is 0. The molecule has 3 aromatic rings. The minimum Gasteiger partial charge on any atom is -0.165 e. The fourth-order valence-corrected chi connectivity index (χ4v) is 6.42. The highest BCUT2D eigenvalue weighted by Gasteiger charge is 2.49. The summed E-state index contributed by atoms with van der Waals surface area (Å²) >= 11 is 0. The van der Waals surface area contributed by atoms with Gasteiger partial charge in [-0.1, -0.05) is 54.6 Å². The fraction of sp³-hybridized carbons (Fsp3) is 0. The Kier molecular flexibility index (Phi) is 4.18. The molecule has 22 heavy (non-hydrogen) atoms. The average molecular weight is 307 g/mol. The third kappa shape index (κ3) is 2.38. The summed E-state index contributed by atoms with van der Waals surface area (Å²) < 4.78 is 14.9. The van der Waals surface area contributed by atoms with Gasteiger partial charge in [-0.2, -0.15) is 4.39 Å². The minimum absolute atomic E-state index is 0.268. The number of rotatable bonds is 4. The average Bonchev–Trinajstić information content (AvgIpc) is 2.58. The van der Waals surface area contributed by atoms with Crippen molar-refractivity contribution < 1.29 is 4.39 Å². The smallest absolute Gasteiger partial charge is 0.165 e. The predicted octanol–water partition coefficient (Wildman–Crippen LogP) is 4.42. The van der Waals surface area contributed by atoms with Crippen LogP contribution in [0.2, 0.25) is 0 Å². The van der Waals surface area contributed by atoms with Gasteiger partial charge in [0.25, 0.3) is 0 Å². The van der Waals surface area contributed by atoms with Crippen LogP contribution < -0.4 is 15.9 Å². The summed E-state index contributed by atoms with van der Waals surface area (Å²) in [5.74, 6) is 0. The molecule has 0 atom stereocenters. The molecule has 0 radical (unpaired) electrons. The number of hydrogen-bond acceptors (Lipinski definition) is 0. The van der Waals surface area contributed by atoms with Crippen LogP contribution in [0.4, 0.5) is 4.39 Å². The second-order valence-corrected chi connectivity index (χ2v) is 8.43. The molecule has 108 valence electrons. The Morgan fingerprint density at radius 1 is 0.591 bits per heavy atom. The lowest BCUT2D eigenvalue weighted by Gasteiger charge is -2.24. The fourth-order valence-electron chi connectivity index (χ4n) is 2.82. The van der Waals surface area contributed by atoms with Crippen molar-refractivity contribution in [3.63, 3.8) is 0 Å². The third-order valence-electron chi connectivity index (χ3n) is 3.79. The Balaban J connectivity index is 2.37. The molecule has 0 spiro atoms. The van der Waals surface area contributed by atoms with Gasteiger partial charge >= 0.3 is 0 Å². The van der Waals surface area contributed by atoms with E-state index < -0.39 is 7.26 Å². The van der Waals surface area contributed by atoms with Crippen molar-refractivity contribution in [3.8, 4) is 0 Å². The molecule has 0 saturated heterocycles. The van der Waals surface area contributed by atoms with Gasteiger partial charge < -0.3 is 0 Å². The van der Waals surface area contributed by atoms with E-state index in [1.54, 1.807) is 0 Å². The summed E-state index contributed by atoms with van der Waals surface area (Å²) in [5.41, 5.74) is -0.268. The zero-order valence-electron chi connectivity index (χ0n) is 12.2. The van der Waals surface area contributed by atoms with E-state index >= 15 is 0 Å². The highest BCUT2D eigenvalue weighted by Crippen LogP contribution is 2.62. The van der Waals surface area contributed by atoms with E-state index in [1.165, 1.54) is 0 Å². The molecule has 0 aromatic heterocycles. The molecular formula is C20H17FP+. The first-order valence-corrected chi connectivity index (χ1v) is 8.96. The van der Waals surface area contributed by atoms with Gasteiger partial charge in [-0.05, 0) is 43.0 Å². The van der Waals surface area contributed by atoms with Crippen LogP contribution in [0.25, 0.3) is 0 Å². The van der Waals surface area contributed by atoms with Crippen molar-refractivity contribution in [2.75, 3.05) is 0 Å². The van der Waals surface area contributed by atoms with Crippen LogP contribution in [0.3, 0.4) is 0 Å². The Hall–Kier alpha value is -2.24. The molecule has 0 unspecified atom stereocenters. The molecule has 0 nitrogen and oxygen atoms in total. The first-order valence-electron chi connectivity index (χ1n) is 7.17. The van der Waals surface area contributed by atoms with Gasteiger partial charge in [0, 0.05) is 0 Å². The molecule has 0 saturated carbocycles. The van der Waals surface area contributed by atoms with Gasteiger partial charge in [0.15, 0.2) is 7.26 Å². The van der Waals surface area contributed by atoms with Crippen molar-refractivity contribution in [2.24, 2.45) is 0 Å². The highest BCUT2D eigenvalue weighted by molar-refractivity contribution is 7.98. The molecule has 0 heterocycles. The molecule has 3 aromatic carbocycles. The summed E-state index contributed by atoms with van der Waals surface area (Å²) in [7, 11) is -2.49. The Labute approximate surface area is 131 Å². The minimum atomic E-state index is -2.49. The maximum atomic E-state index is 14.9. The van der Waals surface area contributed by atoms with Crippen LogP contribution in [0.5, 0.6) is 0 Å². The van der Waals surface area contributed by atoms with Crippen molar-refractivity contribution >= 4 is 23.2 Å².